The van der Waals surface area contributed by atoms with Gasteiger partial charge in [0.15, 0.2) is 0 Å². The molecule has 4 heterocycles. The highest BCUT2D eigenvalue weighted by Gasteiger charge is 2.34. The molecule has 0 atom stereocenters. The Morgan fingerprint density at radius 3 is 2.27 bits per heavy atom. The Balaban J connectivity index is 1.52. The number of fused-ring (bicyclic) bond motifs is 1. The molecule has 1 N–H and O–H groups in total. The lowest BCUT2D eigenvalue weighted by Crippen LogP contribution is -2.47. The van der Waals surface area contributed by atoms with Crippen LogP contribution in [0.25, 0.3) is 21.5 Å². The van der Waals surface area contributed by atoms with Gasteiger partial charge in [0.2, 0.25) is 15.9 Å². The van der Waals surface area contributed by atoms with E-state index in [2.05, 4.69) is 9.47 Å². The average molecular weight is 663 g/mol. The Morgan fingerprint density at radius 2 is 1.66 bits per heavy atom. The molecule has 2 saturated heterocycles. The molecule has 0 unspecified atom stereocenters. The number of carboxylic acid groups (broad SMARTS) is 1. The second-order valence-corrected chi connectivity index (χ2v) is 15.5. The zero-order chi connectivity index (χ0) is 31.0. The summed E-state index contributed by atoms with van der Waals surface area (Å²) in [7, 11) is -3.30. The van der Waals surface area contributed by atoms with Gasteiger partial charge < -0.3 is 19.3 Å². The number of carbonyl (C=O) groups is 2. The summed E-state index contributed by atoms with van der Waals surface area (Å²) in [6.45, 7) is 4.20. The summed E-state index contributed by atoms with van der Waals surface area (Å²) in [6, 6.07) is 7.71. The molecular weight excluding hydrogens is 624 g/mol. The first-order valence-electron chi connectivity index (χ1n) is 15.3. The van der Waals surface area contributed by atoms with Gasteiger partial charge in [-0.25, -0.2) is 13.2 Å². The number of hydrogen-bond donors (Lipinski definition) is 1. The molecule has 2 aromatic heterocycles. The van der Waals surface area contributed by atoms with Crippen LogP contribution in [0, 0.1) is 0 Å². The highest BCUT2D eigenvalue weighted by Crippen LogP contribution is 2.48. The highest BCUT2D eigenvalue weighted by atomic mass is 35.5. The number of rotatable bonds is 8. The van der Waals surface area contributed by atoms with Gasteiger partial charge in [-0.1, -0.05) is 43.0 Å². The summed E-state index contributed by atoms with van der Waals surface area (Å²) >= 11 is 7.63. The van der Waals surface area contributed by atoms with Crippen LogP contribution in [0.3, 0.4) is 0 Å². The van der Waals surface area contributed by atoms with E-state index in [1.54, 1.807) is 0 Å². The molecule has 10 nitrogen and oxygen atoms in total. The largest absolute Gasteiger partial charge is 0.477 e. The summed E-state index contributed by atoms with van der Waals surface area (Å²) < 4.78 is 34.2. The minimum absolute atomic E-state index is 0.0219. The lowest BCUT2D eigenvalue weighted by atomic mass is 9.83. The number of sulfonamides is 1. The van der Waals surface area contributed by atoms with Crippen molar-refractivity contribution < 1.29 is 27.9 Å². The molecular formula is C31H39ClN4O6S2. The molecule has 0 bridgehead atoms. The average Bonchev–Trinajstić information content (AvgIpc) is 3.53. The van der Waals surface area contributed by atoms with Crippen molar-refractivity contribution in [2.75, 3.05) is 58.7 Å². The van der Waals surface area contributed by atoms with E-state index in [1.165, 1.54) is 28.3 Å². The summed E-state index contributed by atoms with van der Waals surface area (Å²) in [5.74, 6) is -0.751. The van der Waals surface area contributed by atoms with Crippen LogP contribution in [0.5, 0.6) is 0 Å². The standard InChI is InChI=1S/C31H39ClN4O6S2/c1-44(40,41)35-13-11-33(12-14-35)19-24-28-30(43-29(24)31(38)39)26(21-5-3-2-4-6-21)27(22-7-9-23(32)10-8-22)36(28)20-25(37)34-15-17-42-18-16-34/h7-10,21H,2-6,11-20H2,1H3,(H,38,39). The lowest BCUT2D eigenvalue weighted by Gasteiger charge is -2.33. The van der Waals surface area contributed by atoms with Crippen LogP contribution >= 0.6 is 22.9 Å². The molecule has 1 aliphatic carbocycles. The van der Waals surface area contributed by atoms with Crippen LogP contribution in [0.2, 0.25) is 5.02 Å². The first-order chi connectivity index (χ1) is 21.1. The molecule has 3 aromatic rings. The summed E-state index contributed by atoms with van der Waals surface area (Å²) in [5.41, 5.74) is 4.56. The van der Waals surface area contributed by atoms with Gasteiger partial charge in [0.25, 0.3) is 0 Å². The van der Waals surface area contributed by atoms with Crippen molar-refractivity contribution in [1.82, 2.24) is 18.7 Å². The number of nitrogens with zero attached hydrogens (tertiary/aromatic N) is 4. The molecule has 238 valence electrons. The number of aromatic carboxylic acids is 1. The zero-order valence-electron chi connectivity index (χ0n) is 25.0. The minimum atomic E-state index is -3.30. The monoisotopic (exact) mass is 662 g/mol. The molecule has 0 spiro atoms. The number of carbonyl (C=O) groups excluding carboxylic acids is 1. The van der Waals surface area contributed by atoms with E-state index in [4.69, 9.17) is 16.3 Å². The van der Waals surface area contributed by atoms with Crippen molar-refractivity contribution in [2.24, 2.45) is 0 Å². The Bertz CT molecular complexity index is 1630. The number of morpholine rings is 1. The fourth-order valence-corrected chi connectivity index (χ4v) is 9.18. The summed E-state index contributed by atoms with van der Waals surface area (Å²) in [6.07, 6.45) is 6.65. The maximum atomic E-state index is 13.8. The Labute approximate surface area is 267 Å². The third-order valence-electron chi connectivity index (χ3n) is 9.18. The number of aromatic nitrogens is 1. The number of thiophene rings is 1. The molecule has 1 aromatic carbocycles. The first-order valence-corrected chi connectivity index (χ1v) is 18.4. The van der Waals surface area contributed by atoms with Crippen molar-refractivity contribution in [3.8, 4) is 11.3 Å². The van der Waals surface area contributed by atoms with Gasteiger partial charge in [0.1, 0.15) is 11.4 Å². The third kappa shape index (κ3) is 6.43. The predicted molar refractivity (Wildman–Crippen MR) is 172 cm³/mol. The molecule has 13 heteroatoms. The smallest absolute Gasteiger partial charge is 0.346 e. The topological polar surface area (TPSA) is 112 Å². The molecule has 1 saturated carbocycles. The van der Waals surface area contributed by atoms with E-state index in [1.807, 2.05) is 29.2 Å². The summed E-state index contributed by atoms with van der Waals surface area (Å²) in [4.78, 5) is 30.9. The molecule has 2 aliphatic heterocycles. The van der Waals surface area contributed by atoms with Crippen molar-refractivity contribution in [3.63, 3.8) is 0 Å². The Morgan fingerprint density at radius 1 is 1.00 bits per heavy atom. The first kappa shape index (κ1) is 31.5. The van der Waals surface area contributed by atoms with Gasteiger partial charge in [0.05, 0.1) is 35.4 Å². The number of carboxylic acids is 1. The maximum Gasteiger partial charge on any atom is 0.346 e. The number of ether oxygens (including phenoxy) is 1. The third-order valence-corrected chi connectivity index (χ3v) is 12.0. The molecule has 3 aliphatic rings. The fourth-order valence-electron chi connectivity index (χ4n) is 6.95. The van der Waals surface area contributed by atoms with E-state index in [-0.39, 0.29) is 23.2 Å². The van der Waals surface area contributed by atoms with Crippen molar-refractivity contribution >= 4 is 55.1 Å². The number of halogens is 1. The number of amides is 1. The molecule has 3 fully saturated rings. The predicted octanol–water partition coefficient (Wildman–Crippen LogP) is 4.71. The van der Waals surface area contributed by atoms with Crippen molar-refractivity contribution in [3.05, 3.63) is 45.3 Å². The van der Waals surface area contributed by atoms with Crippen LogP contribution in [0.4, 0.5) is 0 Å². The molecule has 0 radical (unpaired) electrons. The summed E-state index contributed by atoms with van der Waals surface area (Å²) in [5, 5.41) is 11.1. The van der Waals surface area contributed by atoms with Crippen LogP contribution in [-0.4, -0.2) is 103 Å². The van der Waals surface area contributed by atoms with Crippen LogP contribution < -0.4 is 0 Å². The van der Waals surface area contributed by atoms with E-state index in [0.29, 0.717) is 69.6 Å². The second kappa shape index (κ2) is 13.1. The van der Waals surface area contributed by atoms with Gasteiger partial charge in [-0.3, -0.25) is 9.69 Å². The highest BCUT2D eigenvalue weighted by molar-refractivity contribution is 7.88. The SMILES string of the molecule is CS(=O)(=O)N1CCN(Cc2c(C(=O)O)sc3c(C4CCCCC4)c(-c4ccc(Cl)cc4)n(CC(=O)N4CCOCC4)c23)CC1. The number of benzene rings is 1. The van der Waals surface area contributed by atoms with E-state index >= 15 is 0 Å². The maximum absolute atomic E-state index is 13.8. The van der Waals surface area contributed by atoms with Gasteiger partial charge in [-0.05, 0) is 42.0 Å². The van der Waals surface area contributed by atoms with Crippen LogP contribution in [0.15, 0.2) is 24.3 Å². The normalized spacial score (nSPS) is 19.5. The Hall–Kier alpha value is -2.48. The van der Waals surface area contributed by atoms with E-state index in [9.17, 15) is 23.1 Å². The fraction of sp³-hybridized carbons (Fsp3) is 0.548. The lowest BCUT2D eigenvalue weighted by molar-refractivity contribution is -0.135. The molecule has 44 heavy (non-hydrogen) atoms. The number of piperazine rings is 1. The zero-order valence-corrected chi connectivity index (χ0v) is 27.4. The van der Waals surface area contributed by atoms with E-state index in [0.717, 1.165) is 52.7 Å². The quantitative estimate of drug-likeness (QED) is 0.372. The van der Waals surface area contributed by atoms with Gasteiger partial charge in [0, 0.05) is 56.4 Å². The van der Waals surface area contributed by atoms with Gasteiger partial charge in [-0.15, -0.1) is 11.3 Å². The van der Waals surface area contributed by atoms with Gasteiger partial charge in [-0.2, -0.15) is 4.31 Å². The van der Waals surface area contributed by atoms with Crippen LogP contribution in [0.1, 0.15) is 58.8 Å². The molecule has 1 amide bonds. The van der Waals surface area contributed by atoms with Crippen molar-refractivity contribution in [2.45, 2.75) is 51.1 Å². The minimum Gasteiger partial charge on any atom is -0.477 e. The van der Waals surface area contributed by atoms with Crippen molar-refractivity contribution in [1.29, 1.82) is 0 Å². The van der Waals surface area contributed by atoms with E-state index < -0.39 is 16.0 Å². The second-order valence-electron chi connectivity index (χ2n) is 12.0. The Kier molecular flexibility index (Phi) is 9.37. The number of hydrogen-bond acceptors (Lipinski definition) is 7. The molecule has 6 rings (SSSR count). The van der Waals surface area contributed by atoms with Crippen LogP contribution in [-0.2, 0) is 32.6 Å². The van der Waals surface area contributed by atoms with Gasteiger partial charge >= 0.3 is 5.97 Å².